The van der Waals surface area contributed by atoms with Crippen LogP contribution < -0.4 is 10.3 Å². The van der Waals surface area contributed by atoms with E-state index in [1.165, 1.54) is 26.2 Å². The summed E-state index contributed by atoms with van der Waals surface area (Å²) in [5.41, 5.74) is -0.0781. The van der Waals surface area contributed by atoms with Crippen molar-refractivity contribution in [1.29, 1.82) is 0 Å². The summed E-state index contributed by atoms with van der Waals surface area (Å²) < 4.78 is 63.1. The highest BCUT2D eigenvalue weighted by molar-refractivity contribution is 6.09. The number of imidazole rings is 1. The number of hydrogen-bond acceptors (Lipinski definition) is 4. The normalized spacial score (nSPS) is 12.0. The van der Waals surface area contributed by atoms with E-state index in [2.05, 4.69) is 4.98 Å². The molecule has 180 valence electrons. The maximum Gasteiger partial charge on any atom is 0.262 e. The van der Waals surface area contributed by atoms with E-state index in [1.807, 2.05) is 6.92 Å². The molecule has 6 nitrogen and oxygen atoms in total. The molecule has 0 aliphatic heterocycles. The third-order valence-electron chi connectivity index (χ3n) is 5.59. The molecule has 0 spiro atoms. The van der Waals surface area contributed by atoms with Crippen molar-refractivity contribution in [2.75, 3.05) is 7.11 Å². The number of ether oxygens (including phenoxy) is 1. The third kappa shape index (κ3) is 4.46. The minimum absolute atomic E-state index is 0.0585. The first kappa shape index (κ1) is 23.9. The van der Waals surface area contributed by atoms with Crippen molar-refractivity contribution >= 4 is 5.78 Å². The lowest BCUT2D eigenvalue weighted by molar-refractivity contribution is 0.103. The van der Waals surface area contributed by atoms with Crippen LogP contribution in [0.5, 0.6) is 5.75 Å². The molecule has 0 amide bonds. The van der Waals surface area contributed by atoms with Gasteiger partial charge in [-0.3, -0.25) is 9.59 Å². The highest BCUT2D eigenvalue weighted by Crippen LogP contribution is 2.26. The van der Waals surface area contributed by atoms with Crippen LogP contribution in [0.3, 0.4) is 0 Å². The smallest absolute Gasteiger partial charge is 0.262 e. The van der Waals surface area contributed by atoms with E-state index >= 15 is 0 Å². The molecule has 10 heteroatoms. The zero-order valence-corrected chi connectivity index (χ0v) is 18.9. The second-order valence-corrected chi connectivity index (χ2v) is 7.90. The number of rotatable bonds is 6. The Kier molecular flexibility index (Phi) is 6.29. The molecule has 1 atom stereocenters. The molecule has 2 heterocycles. The number of hydrogen-bond donors (Lipinski definition) is 0. The molecule has 35 heavy (non-hydrogen) atoms. The molecule has 0 bridgehead atoms. The number of carbonyl (C=O) groups excluding carboxylic acids is 1. The van der Waals surface area contributed by atoms with Crippen LogP contribution in [-0.2, 0) is 0 Å². The fourth-order valence-electron chi connectivity index (χ4n) is 3.74. The number of methoxy groups -OCH3 is 1. The zero-order chi connectivity index (χ0) is 25.4. The topological polar surface area (TPSA) is 66.1 Å². The lowest BCUT2D eigenvalue weighted by atomic mass is 10.0. The van der Waals surface area contributed by atoms with Gasteiger partial charge in [-0.2, -0.15) is 0 Å². The molecular weight excluding hydrogens is 466 g/mol. The van der Waals surface area contributed by atoms with E-state index in [-0.39, 0.29) is 11.1 Å². The second-order valence-electron chi connectivity index (χ2n) is 7.90. The van der Waals surface area contributed by atoms with E-state index in [4.69, 9.17) is 4.74 Å². The van der Waals surface area contributed by atoms with Crippen LogP contribution in [0.4, 0.5) is 17.6 Å². The highest BCUT2D eigenvalue weighted by Gasteiger charge is 2.22. The van der Waals surface area contributed by atoms with Crippen LogP contribution in [0.25, 0.3) is 5.69 Å². The van der Waals surface area contributed by atoms with Gasteiger partial charge in [0.25, 0.3) is 5.56 Å². The number of ketones is 1. The van der Waals surface area contributed by atoms with Gasteiger partial charge >= 0.3 is 0 Å². The Hall–Kier alpha value is -4.21. The Balaban J connectivity index is 1.76. The molecule has 0 saturated heterocycles. The Bertz CT molecular complexity index is 1490. The van der Waals surface area contributed by atoms with E-state index in [0.29, 0.717) is 23.6 Å². The molecule has 2 aromatic heterocycles. The Morgan fingerprint density at radius 1 is 1.03 bits per heavy atom. The van der Waals surface area contributed by atoms with Gasteiger partial charge in [-0.15, -0.1) is 0 Å². The Labute approximate surface area is 197 Å². The van der Waals surface area contributed by atoms with Gasteiger partial charge in [-0.05, 0) is 55.8 Å². The van der Waals surface area contributed by atoms with Crippen LogP contribution in [0.2, 0.25) is 0 Å². The number of benzene rings is 2. The molecule has 4 aromatic rings. The molecule has 0 aliphatic rings. The van der Waals surface area contributed by atoms with Gasteiger partial charge in [0, 0.05) is 18.0 Å². The highest BCUT2D eigenvalue weighted by atomic mass is 19.2. The fraction of sp³-hybridized carbons (Fsp3) is 0.160. The summed E-state index contributed by atoms with van der Waals surface area (Å²) in [7, 11) is 1.41. The number of nitrogens with zero attached hydrogens (tertiary/aromatic N) is 3. The minimum Gasteiger partial charge on any atom is -0.495 e. The summed E-state index contributed by atoms with van der Waals surface area (Å²) in [5.74, 6) is -5.94. The maximum absolute atomic E-state index is 14.5. The van der Waals surface area contributed by atoms with Crippen molar-refractivity contribution in [2.45, 2.75) is 19.9 Å². The number of pyridine rings is 1. The first-order valence-electron chi connectivity index (χ1n) is 10.4. The molecule has 2 aromatic carbocycles. The number of halogens is 4. The van der Waals surface area contributed by atoms with Crippen molar-refractivity contribution in [3.8, 4) is 11.4 Å². The van der Waals surface area contributed by atoms with E-state index in [9.17, 15) is 27.2 Å². The number of aryl methyl sites for hydroxylation is 1. The first-order chi connectivity index (χ1) is 16.6. The van der Waals surface area contributed by atoms with Gasteiger partial charge in [-0.1, -0.05) is 0 Å². The largest absolute Gasteiger partial charge is 0.495 e. The van der Waals surface area contributed by atoms with Gasteiger partial charge in [0.05, 0.1) is 36.4 Å². The van der Waals surface area contributed by atoms with Crippen LogP contribution in [0, 0.1) is 30.2 Å². The fourth-order valence-corrected chi connectivity index (χ4v) is 3.74. The van der Waals surface area contributed by atoms with E-state index < -0.39 is 46.2 Å². The quantitative estimate of drug-likeness (QED) is 0.225. The van der Waals surface area contributed by atoms with E-state index in [0.717, 1.165) is 22.5 Å². The summed E-state index contributed by atoms with van der Waals surface area (Å²) in [6.45, 7) is 3.18. The molecule has 0 saturated carbocycles. The molecule has 4 rings (SSSR count). The van der Waals surface area contributed by atoms with Gasteiger partial charge in [0.15, 0.2) is 23.2 Å². The number of aromatic nitrogens is 3. The molecule has 0 fully saturated rings. The third-order valence-corrected chi connectivity index (χ3v) is 5.59. The van der Waals surface area contributed by atoms with Crippen molar-refractivity contribution in [3.63, 3.8) is 0 Å². The van der Waals surface area contributed by atoms with E-state index in [1.54, 1.807) is 23.2 Å². The molecular formula is C25H19F4N3O3. The molecule has 0 aliphatic carbocycles. The lowest BCUT2D eigenvalue weighted by Gasteiger charge is -2.17. The average Bonchev–Trinajstić information content (AvgIpc) is 3.28. The summed E-state index contributed by atoms with van der Waals surface area (Å²) in [5, 5.41) is 0. The lowest BCUT2D eigenvalue weighted by Crippen LogP contribution is -2.29. The van der Waals surface area contributed by atoms with Crippen molar-refractivity contribution in [2.24, 2.45) is 0 Å². The van der Waals surface area contributed by atoms with Gasteiger partial charge in [-0.25, -0.2) is 22.5 Å². The van der Waals surface area contributed by atoms with Crippen LogP contribution in [0.15, 0.2) is 59.9 Å². The summed E-state index contributed by atoms with van der Waals surface area (Å²) in [4.78, 5) is 30.4. The average molecular weight is 485 g/mol. The minimum atomic E-state index is -1.66. The first-order valence-corrected chi connectivity index (χ1v) is 10.4. The van der Waals surface area contributed by atoms with Crippen LogP contribution in [-0.4, -0.2) is 27.0 Å². The molecule has 0 N–H and O–H groups in total. The van der Waals surface area contributed by atoms with Crippen molar-refractivity contribution < 1.29 is 27.1 Å². The standard InChI is InChI=1S/C25H19F4N3O3/c1-13-10-31(12-30-13)21-5-4-15(8-22(21)35-3)24(33)18-9-17(26)11-32(25(18)34)14(2)16-6-19(27)23(29)20(28)7-16/h4-12,14H,1-3H3. The second kappa shape index (κ2) is 9.21. The van der Waals surface area contributed by atoms with Crippen LogP contribution >= 0.6 is 0 Å². The predicted octanol–water partition coefficient (Wildman–Crippen LogP) is 4.75. The Morgan fingerprint density at radius 2 is 1.71 bits per heavy atom. The zero-order valence-electron chi connectivity index (χ0n) is 18.9. The van der Waals surface area contributed by atoms with Gasteiger partial charge in [0.1, 0.15) is 11.6 Å². The SMILES string of the molecule is COc1cc(C(=O)c2cc(F)cn(C(C)c3cc(F)c(F)c(F)c3)c2=O)ccc1-n1cnc(C)c1. The van der Waals surface area contributed by atoms with Crippen LogP contribution in [0.1, 0.15) is 40.1 Å². The summed E-state index contributed by atoms with van der Waals surface area (Å²) in [6.07, 6.45) is 4.14. The number of carbonyl (C=O) groups is 1. The molecule has 0 radical (unpaired) electrons. The summed E-state index contributed by atoms with van der Waals surface area (Å²) >= 11 is 0. The Morgan fingerprint density at radius 3 is 2.31 bits per heavy atom. The van der Waals surface area contributed by atoms with Gasteiger partial charge in [0.2, 0.25) is 0 Å². The maximum atomic E-state index is 14.5. The molecule has 1 unspecified atom stereocenters. The summed E-state index contributed by atoms with van der Waals surface area (Å²) in [6, 6.07) is 5.58. The van der Waals surface area contributed by atoms with Crippen molar-refractivity contribution in [3.05, 3.63) is 111 Å². The van der Waals surface area contributed by atoms with Gasteiger partial charge < -0.3 is 13.9 Å². The predicted molar refractivity (Wildman–Crippen MR) is 119 cm³/mol. The monoisotopic (exact) mass is 485 g/mol. The van der Waals surface area contributed by atoms with Crippen molar-refractivity contribution in [1.82, 2.24) is 14.1 Å².